The summed E-state index contributed by atoms with van der Waals surface area (Å²) in [6, 6.07) is 12.0. The molecule has 2 fully saturated rings. The van der Waals surface area contributed by atoms with E-state index in [0.29, 0.717) is 25.9 Å². The zero-order valence-electron chi connectivity index (χ0n) is 15.9. The SMILES string of the molecule is N#CC1(NC(=O)COC(=O)[C@@H]2CC(=O)N(CCc3ccccc3)C2)CCCC1. The zero-order valence-corrected chi connectivity index (χ0v) is 15.9. The molecular weight excluding hydrogens is 358 g/mol. The highest BCUT2D eigenvalue weighted by molar-refractivity contribution is 5.88. The molecular formula is C21H25N3O4. The van der Waals surface area contributed by atoms with Gasteiger partial charge in [0.1, 0.15) is 5.54 Å². The summed E-state index contributed by atoms with van der Waals surface area (Å²) < 4.78 is 5.11. The van der Waals surface area contributed by atoms with Gasteiger partial charge in [0, 0.05) is 19.5 Å². The minimum atomic E-state index is -0.832. The Labute approximate surface area is 164 Å². The van der Waals surface area contributed by atoms with E-state index >= 15 is 0 Å². The van der Waals surface area contributed by atoms with Gasteiger partial charge in [-0.25, -0.2) is 0 Å². The van der Waals surface area contributed by atoms with Gasteiger partial charge in [-0.3, -0.25) is 14.4 Å². The molecule has 1 atom stereocenters. The lowest BCUT2D eigenvalue weighted by molar-refractivity contribution is -0.152. The number of carbonyl (C=O) groups is 3. The van der Waals surface area contributed by atoms with Crippen LogP contribution in [0.15, 0.2) is 30.3 Å². The molecule has 1 heterocycles. The summed E-state index contributed by atoms with van der Waals surface area (Å²) in [5, 5.41) is 12.0. The van der Waals surface area contributed by atoms with Crippen molar-refractivity contribution in [3.05, 3.63) is 35.9 Å². The Kier molecular flexibility index (Phi) is 6.30. The standard InChI is InChI=1S/C21H25N3O4/c22-15-21(9-4-5-10-21)23-18(25)14-28-20(27)17-12-19(26)24(13-17)11-8-16-6-2-1-3-7-16/h1-3,6-7,17H,4-5,8-14H2,(H,23,25)/t17-/m1/s1. The van der Waals surface area contributed by atoms with E-state index in [2.05, 4.69) is 11.4 Å². The van der Waals surface area contributed by atoms with Crippen molar-refractivity contribution in [2.45, 2.75) is 44.1 Å². The third-order valence-corrected chi connectivity index (χ3v) is 5.46. The molecule has 7 nitrogen and oxygen atoms in total. The largest absolute Gasteiger partial charge is 0.455 e. The van der Waals surface area contributed by atoms with Crippen molar-refractivity contribution in [2.75, 3.05) is 19.7 Å². The number of likely N-dealkylation sites (tertiary alicyclic amines) is 1. The lowest BCUT2D eigenvalue weighted by Gasteiger charge is -2.22. The normalized spacial score (nSPS) is 20.6. The van der Waals surface area contributed by atoms with Crippen molar-refractivity contribution in [3.8, 4) is 6.07 Å². The van der Waals surface area contributed by atoms with E-state index in [0.717, 1.165) is 24.8 Å². The number of benzene rings is 1. The van der Waals surface area contributed by atoms with Gasteiger partial charge in [0.2, 0.25) is 5.91 Å². The molecule has 1 aliphatic heterocycles. The Morgan fingerprint density at radius 2 is 1.96 bits per heavy atom. The third-order valence-electron chi connectivity index (χ3n) is 5.46. The summed E-state index contributed by atoms with van der Waals surface area (Å²) in [6.45, 7) is 0.447. The Balaban J connectivity index is 1.43. The van der Waals surface area contributed by atoms with Crippen LogP contribution in [-0.2, 0) is 25.5 Å². The van der Waals surface area contributed by atoms with Gasteiger partial charge in [-0.1, -0.05) is 30.3 Å². The van der Waals surface area contributed by atoms with Gasteiger partial charge in [0.15, 0.2) is 6.61 Å². The number of amides is 2. The van der Waals surface area contributed by atoms with Gasteiger partial charge in [-0.15, -0.1) is 0 Å². The van der Waals surface area contributed by atoms with Crippen LogP contribution in [0.2, 0.25) is 0 Å². The van der Waals surface area contributed by atoms with Crippen LogP contribution in [0.1, 0.15) is 37.7 Å². The van der Waals surface area contributed by atoms with Gasteiger partial charge in [-0.05, 0) is 37.7 Å². The molecule has 1 aliphatic carbocycles. The molecule has 1 aromatic carbocycles. The van der Waals surface area contributed by atoms with E-state index in [1.165, 1.54) is 0 Å². The lowest BCUT2D eigenvalue weighted by atomic mass is 10.00. The van der Waals surface area contributed by atoms with E-state index in [1.54, 1.807) is 4.90 Å². The molecule has 1 saturated carbocycles. The maximum absolute atomic E-state index is 12.3. The third kappa shape index (κ3) is 4.89. The number of esters is 1. The predicted octanol–water partition coefficient (Wildman–Crippen LogP) is 1.57. The molecule has 0 radical (unpaired) electrons. The maximum atomic E-state index is 12.3. The van der Waals surface area contributed by atoms with Gasteiger partial charge < -0.3 is 15.0 Å². The Morgan fingerprint density at radius 3 is 2.64 bits per heavy atom. The van der Waals surface area contributed by atoms with Crippen molar-refractivity contribution in [1.82, 2.24) is 10.2 Å². The van der Waals surface area contributed by atoms with Crippen molar-refractivity contribution >= 4 is 17.8 Å². The summed E-state index contributed by atoms with van der Waals surface area (Å²) in [5.74, 6) is -1.63. The molecule has 148 valence electrons. The van der Waals surface area contributed by atoms with Crippen molar-refractivity contribution in [3.63, 3.8) is 0 Å². The highest BCUT2D eigenvalue weighted by atomic mass is 16.5. The van der Waals surface area contributed by atoms with E-state index < -0.39 is 29.9 Å². The monoisotopic (exact) mass is 383 g/mol. The van der Waals surface area contributed by atoms with Crippen LogP contribution < -0.4 is 5.32 Å². The maximum Gasteiger partial charge on any atom is 0.311 e. The number of hydrogen-bond donors (Lipinski definition) is 1. The highest BCUT2D eigenvalue weighted by Gasteiger charge is 2.37. The van der Waals surface area contributed by atoms with Gasteiger partial charge >= 0.3 is 5.97 Å². The average Bonchev–Trinajstić information content (AvgIpc) is 3.32. The van der Waals surface area contributed by atoms with Crippen LogP contribution in [0.3, 0.4) is 0 Å². The second-order valence-corrected chi connectivity index (χ2v) is 7.53. The Bertz CT molecular complexity index is 766. The molecule has 7 heteroatoms. The van der Waals surface area contributed by atoms with Crippen LogP contribution in [0, 0.1) is 17.2 Å². The van der Waals surface area contributed by atoms with E-state index in [-0.39, 0.29) is 12.3 Å². The Morgan fingerprint density at radius 1 is 1.25 bits per heavy atom. The van der Waals surface area contributed by atoms with Crippen LogP contribution in [0.5, 0.6) is 0 Å². The second kappa shape index (κ2) is 8.87. The van der Waals surface area contributed by atoms with E-state index in [4.69, 9.17) is 4.74 Å². The Hall–Kier alpha value is -2.88. The minimum Gasteiger partial charge on any atom is -0.455 e. The molecule has 1 N–H and O–H groups in total. The fraction of sp³-hybridized carbons (Fsp3) is 0.524. The molecule has 0 spiro atoms. The smallest absolute Gasteiger partial charge is 0.311 e. The predicted molar refractivity (Wildman–Crippen MR) is 101 cm³/mol. The first-order valence-corrected chi connectivity index (χ1v) is 9.72. The molecule has 0 unspecified atom stereocenters. The van der Waals surface area contributed by atoms with Crippen LogP contribution in [0.4, 0.5) is 0 Å². The molecule has 2 aliphatic rings. The molecule has 0 aromatic heterocycles. The van der Waals surface area contributed by atoms with Crippen LogP contribution >= 0.6 is 0 Å². The van der Waals surface area contributed by atoms with Crippen LogP contribution in [0.25, 0.3) is 0 Å². The minimum absolute atomic E-state index is 0.0725. The van der Waals surface area contributed by atoms with Crippen molar-refractivity contribution in [1.29, 1.82) is 5.26 Å². The number of ether oxygens (including phenoxy) is 1. The van der Waals surface area contributed by atoms with Crippen molar-refractivity contribution in [2.24, 2.45) is 5.92 Å². The van der Waals surface area contributed by atoms with E-state index in [9.17, 15) is 19.6 Å². The number of nitriles is 1. The first-order chi connectivity index (χ1) is 13.5. The molecule has 1 aromatic rings. The summed E-state index contributed by atoms with van der Waals surface area (Å²) >= 11 is 0. The molecule has 0 bridgehead atoms. The molecule has 3 rings (SSSR count). The average molecular weight is 383 g/mol. The number of carbonyl (C=O) groups excluding carboxylic acids is 3. The number of nitrogens with zero attached hydrogens (tertiary/aromatic N) is 2. The summed E-state index contributed by atoms with van der Waals surface area (Å²) in [5.41, 5.74) is 0.303. The fourth-order valence-electron chi connectivity index (χ4n) is 3.86. The zero-order chi connectivity index (χ0) is 20.0. The van der Waals surface area contributed by atoms with Gasteiger partial charge in [0.25, 0.3) is 5.91 Å². The first kappa shape index (κ1) is 19.9. The first-order valence-electron chi connectivity index (χ1n) is 9.72. The summed E-state index contributed by atoms with van der Waals surface area (Å²) in [7, 11) is 0. The molecule has 28 heavy (non-hydrogen) atoms. The highest BCUT2D eigenvalue weighted by Crippen LogP contribution is 2.28. The van der Waals surface area contributed by atoms with Crippen LogP contribution in [-0.4, -0.2) is 47.9 Å². The molecule has 2 amide bonds. The molecule has 1 saturated heterocycles. The lowest BCUT2D eigenvalue weighted by Crippen LogP contribution is -2.47. The topological polar surface area (TPSA) is 99.5 Å². The van der Waals surface area contributed by atoms with E-state index in [1.807, 2.05) is 30.3 Å². The number of hydrogen-bond acceptors (Lipinski definition) is 5. The summed E-state index contributed by atoms with van der Waals surface area (Å²) in [6.07, 6.45) is 3.88. The summed E-state index contributed by atoms with van der Waals surface area (Å²) in [4.78, 5) is 38.1. The number of rotatable bonds is 7. The van der Waals surface area contributed by atoms with Gasteiger partial charge in [-0.2, -0.15) is 5.26 Å². The number of nitrogens with one attached hydrogen (secondary N) is 1. The fourth-order valence-corrected chi connectivity index (χ4v) is 3.86. The second-order valence-electron chi connectivity index (χ2n) is 7.53. The quantitative estimate of drug-likeness (QED) is 0.721. The van der Waals surface area contributed by atoms with Gasteiger partial charge in [0.05, 0.1) is 12.0 Å². The van der Waals surface area contributed by atoms with Crippen molar-refractivity contribution < 1.29 is 19.1 Å².